The number of quaternary nitrogens is 1. The molecule has 67 heavy (non-hydrogen) atoms. The Bertz CT molecular complexity index is 1100. The average molecular weight is 970 g/mol. The zero-order valence-corrected chi connectivity index (χ0v) is 46.5. The topological polar surface area (TPSA) is 108 Å². The predicted molar refractivity (Wildman–Crippen MR) is 289 cm³/mol. The van der Waals surface area contributed by atoms with Gasteiger partial charge in [-0.1, -0.05) is 289 Å². The van der Waals surface area contributed by atoms with E-state index >= 15 is 0 Å². The fraction of sp³-hybridized carbons (Fsp3) is 0.948. The smallest absolute Gasteiger partial charge is 0.268 e. The number of hydrogen-bond donors (Lipinski definition) is 2. The van der Waals surface area contributed by atoms with Crippen molar-refractivity contribution in [3.63, 3.8) is 0 Å². The first kappa shape index (κ1) is 66.2. The third-order valence-corrected chi connectivity index (χ3v) is 14.7. The maximum atomic E-state index is 12.9. The molecule has 9 heteroatoms. The summed E-state index contributed by atoms with van der Waals surface area (Å²) in [6.45, 7) is 4.67. The standard InChI is InChI=1S/C58H117N2O6P/c1-6-8-10-12-14-16-18-19-20-21-22-23-24-25-26-27-28-29-30-31-32-33-34-35-36-37-38-39-40-42-44-46-48-50-52-58(62)59-56(55-66-67(63,64)65-54-53-60(3,4)5)57(61)51-49-47-45-43-41-17-15-13-11-9-7-2/h49,51,56-57,61H,6-48,50,52-55H2,1-5H3,(H-,59,62,63,64)/b51-49+/t56-,57+/m0/s1. The Morgan fingerprint density at radius 1 is 0.507 bits per heavy atom. The molecule has 0 fully saturated rings. The largest absolute Gasteiger partial charge is 0.756 e. The molecule has 0 aliphatic heterocycles. The van der Waals surface area contributed by atoms with Gasteiger partial charge >= 0.3 is 0 Å². The van der Waals surface area contributed by atoms with E-state index in [0.29, 0.717) is 17.4 Å². The maximum Gasteiger partial charge on any atom is 0.268 e. The van der Waals surface area contributed by atoms with Gasteiger partial charge in [0.15, 0.2) is 0 Å². The summed E-state index contributed by atoms with van der Waals surface area (Å²) in [5.74, 6) is -0.192. The maximum absolute atomic E-state index is 12.9. The minimum Gasteiger partial charge on any atom is -0.756 e. The number of aliphatic hydroxyl groups excluding tert-OH is 1. The predicted octanol–water partition coefficient (Wildman–Crippen LogP) is 17.2. The number of unbranched alkanes of at least 4 members (excludes halogenated alkanes) is 42. The summed E-state index contributed by atoms with van der Waals surface area (Å²) in [4.78, 5) is 25.4. The van der Waals surface area contributed by atoms with E-state index in [-0.39, 0.29) is 19.1 Å². The van der Waals surface area contributed by atoms with Gasteiger partial charge in [-0.3, -0.25) is 9.36 Å². The minimum absolute atomic E-state index is 0.00222. The Kier molecular flexibility index (Phi) is 49.6. The lowest BCUT2D eigenvalue weighted by molar-refractivity contribution is -0.870. The summed E-state index contributed by atoms with van der Waals surface area (Å²) < 4.78 is 23.3. The molecule has 0 heterocycles. The molecule has 0 aliphatic carbocycles. The molecule has 0 rings (SSSR count). The Hall–Kier alpha value is -0.760. The minimum atomic E-state index is -4.59. The number of aliphatic hydroxyl groups is 1. The Labute approximate surface area is 418 Å². The molecular formula is C58H117N2O6P. The number of allylic oxidation sites excluding steroid dienone is 1. The van der Waals surface area contributed by atoms with E-state index in [0.717, 1.165) is 38.5 Å². The second-order valence-electron chi connectivity index (χ2n) is 21.7. The number of nitrogens with zero attached hydrogens (tertiary/aromatic N) is 1. The molecule has 0 spiro atoms. The average Bonchev–Trinajstić information content (AvgIpc) is 3.29. The van der Waals surface area contributed by atoms with Gasteiger partial charge in [-0.25, -0.2) is 0 Å². The van der Waals surface area contributed by atoms with Crippen molar-refractivity contribution in [1.82, 2.24) is 5.32 Å². The van der Waals surface area contributed by atoms with Gasteiger partial charge in [-0.2, -0.15) is 0 Å². The second-order valence-corrected chi connectivity index (χ2v) is 23.1. The number of carbonyl (C=O) groups excluding carboxylic acids is 1. The molecule has 8 nitrogen and oxygen atoms in total. The van der Waals surface area contributed by atoms with Crippen LogP contribution in [0, 0.1) is 0 Å². The van der Waals surface area contributed by atoms with Crippen molar-refractivity contribution in [2.24, 2.45) is 0 Å². The number of likely N-dealkylation sites (N-methyl/N-ethyl adjacent to an activating group) is 1. The van der Waals surface area contributed by atoms with Crippen LogP contribution in [0.25, 0.3) is 0 Å². The van der Waals surface area contributed by atoms with Crippen LogP contribution in [-0.4, -0.2) is 68.5 Å². The molecule has 0 saturated heterocycles. The van der Waals surface area contributed by atoms with Crippen molar-refractivity contribution < 1.29 is 32.9 Å². The normalized spacial score (nSPS) is 14.0. The van der Waals surface area contributed by atoms with Crippen LogP contribution in [0.2, 0.25) is 0 Å². The van der Waals surface area contributed by atoms with E-state index in [1.807, 2.05) is 27.2 Å². The monoisotopic (exact) mass is 969 g/mol. The quantitative estimate of drug-likeness (QED) is 0.0272. The SMILES string of the molecule is CCCCCCCCCCC/C=C/[C@@H](O)[C@H](COP(=O)([O-])OCC[N+](C)(C)C)NC(=O)CCCCCCCCCCCCCCCCCCCCCCCCCCCCCCCCCCCC. The molecule has 400 valence electrons. The number of carbonyl (C=O) groups is 1. The summed E-state index contributed by atoms with van der Waals surface area (Å²) >= 11 is 0. The van der Waals surface area contributed by atoms with Crippen molar-refractivity contribution in [2.75, 3.05) is 40.9 Å². The van der Waals surface area contributed by atoms with Crippen molar-refractivity contribution in [3.8, 4) is 0 Å². The molecule has 0 bridgehead atoms. The van der Waals surface area contributed by atoms with Crippen molar-refractivity contribution in [1.29, 1.82) is 0 Å². The lowest BCUT2D eigenvalue weighted by Crippen LogP contribution is -2.45. The summed E-state index contributed by atoms with van der Waals surface area (Å²) in [6.07, 6.45) is 61.8. The summed E-state index contributed by atoms with van der Waals surface area (Å²) in [5, 5.41) is 13.8. The van der Waals surface area contributed by atoms with E-state index < -0.39 is 20.0 Å². The van der Waals surface area contributed by atoms with Gasteiger partial charge in [0.05, 0.1) is 39.9 Å². The Balaban J connectivity index is 3.88. The molecular weight excluding hydrogens is 852 g/mol. The third kappa shape index (κ3) is 52.9. The summed E-state index contributed by atoms with van der Waals surface area (Å²) in [7, 11) is 1.28. The van der Waals surface area contributed by atoms with Gasteiger partial charge in [0.1, 0.15) is 13.2 Å². The number of phosphoric acid groups is 1. The third-order valence-electron chi connectivity index (χ3n) is 13.7. The second kappa shape index (κ2) is 50.2. The van der Waals surface area contributed by atoms with Crippen LogP contribution in [-0.2, 0) is 18.4 Å². The van der Waals surface area contributed by atoms with Crippen LogP contribution in [0.15, 0.2) is 12.2 Å². The van der Waals surface area contributed by atoms with Gasteiger partial charge < -0.3 is 28.8 Å². The molecule has 0 aliphatic rings. The number of phosphoric ester groups is 1. The zero-order valence-electron chi connectivity index (χ0n) is 45.6. The highest BCUT2D eigenvalue weighted by atomic mass is 31.2. The Morgan fingerprint density at radius 3 is 1.12 bits per heavy atom. The lowest BCUT2D eigenvalue weighted by atomic mass is 10.0. The highest BCUT2D eigenvalue weighted by Gasteiger charge is 2.23. The van der Waals surface area contributed by atoms with Crippen LogP contribution in [0.5, 0.6) is 0 Å². The summed E-state index contributed by atoms with van der Waals surface area (Å²) in [5.41, 5.74) is 0. The highest BCUT2D eigenvalue weighted by Crippen LogP contribution is 2.38. The molecule has 0 aromatic heterocycles. The zero-order chi connectivity index (χ0) is 49.2. The highest BCUT2D eigenvalue weighted by molar-refractivity contribution is 7.45. The van der Waals surface area contributed by atoms with Crippen molar-refractivity contribution in [2.45, 2.75) is 315 Å². The fourth-order valence-electron chi connectivity index (χ4n) is 9.10. The molecule has 0 saturated carbocycles. The lowest BCUT2D eigenvalue weighted by Gasteiger charge is -2.29. The molecule has 1 unspecified atom stereocenters. The van der Waals surface area contributed by atoms with Gasteiger partial charge in [0.2, 0.25) is 5.91 Å². The van der Waals surface area contributed by atoms with E-state index in [2.05, 4.69) is 19.2 Å². The van der Waals surface area contributed by atoms with E-state index in [1.54, 1.807) is 6.08 Å². The van der Waals surface area contributed by atoms with E-state index in [1.165, 1.54) is 244 Å². The molecule has 0 aromatic rings. The summed E-state index contributed by atoms with van der Waals surface area (Å²) in [6, 6.07) is -0.880. The first-order valence-corrected chi connectivity index (χ1v) is 31.0. The fourth-order valence-corrected chi connectivity index (χ4v) is 9.82. The van der Waals surface area contributed by atoms with Crippen LogP contribution in [0.4, 0.5) is 0 Å². The Morgan fingerprint density at radius 2 is 0.806 bits per heavy atom. The van der Waals surface area contributed by atoms with Crippen LogP contribution in [0.3, 0.4) is 0 Å². The van der Waals surface area contributed by atoms with Crippen LogP contribution >= 0.6 is 7.82 Å². The number of hydrogen-bond acceptors (Lipinski definition) is 6. The molecule has 2 N–H and O–H groups in total. The molecule has 0 aromatic carbocycles. The van der Waals surface area contributed by atoms with Gasteiger partial charge in [0.25, 0.3) is 7.82 Å². The van der Waals surface area contributed by atoms with Gasteiger partial charge in [-0.15, -0.1) is 0 Å². The number of rotatable bonds is 55. The van der Waals surface area contributed by atoms with Crippen molar-refractivity contribution in [3.05, 3.63) is 12.2 Å². The first-order chi connectivity index (χ1) is 32.5. The van der Waals surface area contributed by atoms with Gasteiger partial charge in [0, 0.05) is 6.42 Å². The van der Waals surface area contributed by atoms with Crippen LogP contribution in [0.1, 0.15) is 303 Å². The number of nitrogens with one attached hydrogen (secondary N) is 1. The number of amides is 1. The van der Waals surface area contributed by atoms with Crippen molar-refractivity contribution >= 4 is 13.7 Å². The first-order valence-electron chi connectivity index (χ1n) is 29.6. The van der Waals surface area contributed by atoms with Crippen LogP contribution < -0.4 is 10.2 Å². The molecule has 1 amide bonds. The molecule has 0 radical (unpaired) electrons. The van der Waals surface area contributed by atoms with E-state index in [4.69, 9.17) is 9.05 Å². The molecule has 3 atom stereocenters. The van der Waals surface area contributed by atoms with Gasteiger partial charge in [-0.05, 0) is 19.3 Å². The van der Waals surface area contributed by atoms with E-state index in [9.17, 15) is 19.4 Å².